The number of Topliss-reactive ketones (excluding diaryl/α,β-unsaturated/α-hetero) is 2. The van der Waals surface area contributed by atoms with Crippen LogP contribution in [0.25, 0.3) is 0 Å². The van der Waals surface area contributed by atoms with Crippen LogP contribution in [0.3, 0.4) is 0 Å². The van der Waals surface area contributed by atoms with Crippen LogP contribution in [0.1, 0.15) is 65.2 Å². The highest BCUT2D eigenvalue weighted by atomic mass is 33.1. The maximum absolute atomic E-state index is 11.5. The molecule has 1 fully saturated rings. The summed E-state index contributed by atoms with van der Waals surface area (Å²) in [7, 11) is 3.67. The van der Waals surface area contributed by atoms with Gasteiger partial charge < -0.3 is 10.6 Å². The van der Waals surface area contributed by atoms with E-state index in [0.29, 0.717) is 43.9 Å². The molecule has 2 N–H and O–H groups in total. The molecule has 2 atom stereocenters. The van der Waals surface area contributed by atoms with Gasteiger partial charge in [0.05, 0.1) is 0 Å². The highest BCUT2D eigenvalue weighted by Gasteiger charge is 2.16. The van der Waals surface area contributed by atoms with Crippen molar-refractivity contribution in [3.05, 3.63) is 0 Å². The SMILES string of the molecule is CCC(=O)CCC(=O)NC(CS)CCS.CCC(=O)CCC(=O)NC1CCSSC1. The smallest absolute Gasteiger partial charge is 0.220 e. The second kappa shape index (κ2) is 19.4. The van der Waals surface area contributed by atoms with Gasteiger partial charge in [-0.3, -0.25) is 19.2 Å². The number of hydrogen-bond acceptors (Lipinski definition) is 8. The van der Waals surface area contributed by atoms with Crippen LogP contribution in [0.2, 0.25) is 0 Å². The second-order valence-corrected chi connectivity index (χ2v) is 10.3. The molecule has 2 amide bonds. The third-order valence-corrected chi connectivity index (χ3v) is 7.60. The number of carbonyl (C=O) groups excluding carboxylic acids is 4. The van der Waals surface area contributed by atoms with Gasteiger partial charge in [0.15, 0.2) is 0 Å². The molecule has 1 rings (SSSR count). The van der Waals surface area contributed by atoms with Gasteiger partial charge in [0.25, 0.3) is 0 Å². The van der Waals surface area contributed by atoms with E-state index in [1.54, 1.807) is 6.92 Å². The van der Waals surface area contributed by atoms with Crippen molar-refractivity contribution in [2.24, 2.45) is 0 Å². The Bertz CT molecular complexity index is 494. The lowest BCUT2D eigenvalue weighted by molar-refractivity contribution is -0.125. The standard InChI is InChI=1S/C10H17NO2S2.C10H19NO2S2/c1-2-9(12)3-4-10(13)11-8-5-6-14-15-7-8;1-2-9(12)3-4-10(13)11-8(7-15)5-6-14/h8H,2-7H2,1H3,(H,11,13);8,14-15H,2-7H2,1H3,(H,11,13). The van der Waals surface area contributed by atoms with Crippen LogP contribution in [0.15, 0.2) is 0 Å². The maximum Gasteiger partial charge on any atom is 0.220 e. The van der Waals surface area contributed by atoms with Gasteiger partial charge in [-0.2, -0.15) is 25.3 Å². The summed E-state index contributed by atoms with van der Waals surface area (Å²) in [5.41, 5.74) is 0. The van der Waals surface area contributed by atoms with Crippen molar-refractivity contribution >= 4 is 70.2 Å². The zero-order valence-corrected chi connectivity index (χ0v) is 21.4. The van der Waals surface area contributed by atoms with E-state index < -0.39 is 0 Å². The fraction of sp³-hybridized carbons (Fsp3) is 0.800. The first kappa shape index (κ1) is 29.7. The summed E-state index contributed by atoms with van der Waals surface area (Å²) in [6.07, 6.45) is 4.23. The molecule has 30 heavy (non-hydrogen) atoms. The number of rotatable bonds is 13. The molecule has 0 aromatic heterocycles. The van der Waals surface area contributed by atoms with E-state index in [0.717, 1.165) is 30.1 Å². The zero-order chi connectivity index (χ0) is 22.8. The van der Waals surface area contributed by atoms with Crippen molar-refractivity contribution in [1.82, 2.24) is 10.6 Å². The van der Waals surface area contributed by atoms with E-state index in [2.05, 4.69) is 35.9 Å². The predicted molar refractivity (Wildman–Crippen MR) is 135 cm³/mol. The molecule has 174 valence electrons. The fourth-order valence-corrected chi connectivity index (χ4v) is 5.42. The molecule has 2 unspecified atom stereocenters. The van der Waals surface area contributed by atoms with Gasteiger partial charge in [-0.25, -0.2) is 0 Å². The number of ketones is 2. The molecule has 0 saturated carbocycles. The Morgan fingerprint density at radius 2 is 1.53 bits per heavy atom. The minimum Gasteiger partial charge on any atom is -0.353 e. The highest BCUT2D eigenvalue weighted by molar-refractivity contribution is 8.76. The molecule has 1 saturated heterocycles. The van der Waals surface area contributed by atoms with Gasteiger partial charge in [-0.1, -0.05) is 35.4 Å². The molecule has 0 bridgehead atoms. The number of carbonyl (C=O) groups is 4. The monoisotopic (exact) mass is 496 g/mol. The molecule has 1 aliphatic heterocycles. The van der Waals surface area contributed by atoms with Crippen molar-refractivity contribution in [3.63, 3.8) is 0 Å². The molecule has 1 aliphatic rings. The third kappa shape index (κ3) is 16.4. The van der Waals surface area contributed by atoms with E-state index in [4.69, 9.17) is 0 Å². The Balaban J connectivity index is 0.000000561. The molecular weight excluding hydrogens is 460 g/mol. The summed E-state index contributed by atoms with van der Waals surface area (Å²) in [5.74, 6) is 3.65. The minimum atomic E-state index is -0.0716. The lowest BCUT2D eigenvalue weighted by Crippen LogP contribution is -2.38. The first-order valence-corrected chi connectivity index (χ1v) is 14.2. The van der Waals surface area contributed by atoms with Crippen molar-refractivity contribution in [1.29, 1.82) is 0 Å². The topological polar surface area (TPSA) is 92.3 Å². The predicted octanol–water partition coefficient (Wildman–Crippen LogP) is 3.50. The molecule has 0 spiro atoms. The first-order chi connectivity index (χ1) is 14.4. The van der Waals surface area contributed by atoms with Crippen molar-refractivity contribution in [3.8, 4) is 0 Å². The second-order valence-electron chi connectivity index (χ2n) is 6.90. The van der Waals surface area contributed by atoms with E-state index in [9.17, 15) is 19.2 Å². The quantitative estimate of drug-likeness (QED) is 0.230. The number of thiol groups is 2. The van der Waals surface area contributed by atoms with E-state index in [-0.39, 0.29) is 35.8 Å². The molecule has 0 aromatic carbocycles. The minimum absolute atomic E-state index is 0.0225. The molecule has 0 radical (unpaired) electrons. The van der Waals surface area contributed by atoms with Crippen molar-refractivity contribution in [2.75, 3.05) is 23.0 Å². The number of amides is 2. The van der Waals surface area contributed by atoms with Gasteiger partial charge in [0.2, 0.25) is 11.8 Å². The van der Waals surface area contributed by atoms with E-state index >= 15 is 0 Å². The zero-order valence-electron chi connectivity index (χ0n) is 18.0. The van der Waals surface area contributed by atoms with Crippen LogP contribution >= 0.6 is 46.8 Å². The number of hydrogen-bond donors (Lipinski definition) is 4. The molecule has 1 heterocycles. The average Bonchev–Trinajstić information content (AvgIpc) is 2.76. The largest absolute Gasteiger partial charge is 0.353 e. The van der Waals surface area contributed by atoms with Crippen LogP contribution in [0, 0.1) is 0 Å². The van der Waals surface area contributed by atoms with Gasteiger partial charge in [-0.15, -0.1) is 0 Å². The molecular formula is C20H36N2O4S4. The van der Waals surface area contributed by atoms with Crippen LogP contribution in [0.4, 0.5) is 0 Å². The Morgan fingerprint density at radius 1 is 0.933 bits per heavy atom. The fourth-order valence-electron chi connectivity index (χ4n) is 2.40. The molecule has 6 nitrogen and oxygen atoms in total. The van der Waals surface area contributed by atoms with Crippen molar-refractivity contribution in [2.45, 2.75) is 77.3 Å². The Morgan fingerprint density at radius 3 is 2.00 bits per heavy atom. The summed E-state index contributed by atoms with van der Waals surface area (Å²) in [6.45, 7) is 3.63. The normalized spacial score (nSPS) is 16.6. The Labute approximate surface area is 199 Å². The molecule has 0 aliphatic carbocycles. The summed E-state index contributed by atoms with van der Waals surface area (Å²) in [6, 6.07) is 0.371. The van der Waals surface area contributed by atoms with Crippen LogP contribution < -0.4 is 10.6 Å². The third-order valence-electron chi connectivity index (χ3n) is 4.38. The van der Waals surface area contributed by atoms with Gasteiger partial charge >= 0.3 is 0 Å². The summed E-state index contributed by atoms with van der Waals surface area (Å²) in [4.78, 5) is 44.8. The Hall–Kier alpha value is -0.320. The maximum atomic E-state index is 11.5. The van der Waals surface area contributed by atoms with Crippen LogP contribution in [0.5, 0.6) is 0 Å². The van der Waals surface area contributed by atoms with Gasteiger partial charge in [0, 0.05) is 67.9 Å². The summed E-state index contributed by atoms with van der Waals surface area (Å²) < 4.78 is 0. The first-order valence-electron chi connectivity index (χ1n) is 10.4. The van der Waals surface area contributed by atoms with E-state index in [1.807, 2.05) is 28.5 Å². The highest BCUT2D eigenvalue weighted by Crippen LogP contribution is 2.29. The average molecular weight is 497 g/mol. The van der Waals surface area contributed by atoms with Crippen molar-refractivity contribution < 1.29 is 19.2 Å². The van der Waals surface area contributed by atoms with Crippen LogP contribution in [-0.2, 0) is 19.2 Å². The summed E-state index contributed by atoms with van der Waals surface area (Å²) in [5, 5.41) is 5.80. The molecule has 10 heteroatoms. The Kier molecular flexibility index (Phi) is 19.2. The summed E-state index contributed by atoms with van der Waals surface area (Å²) >= 11 is 8.23. The molecule has 0 aromatic rings. The van der Waals surface area contributed by atoms with Gasteiger partial charge in [0.1, 0.15) is 11.6 Å². The van der Waals surface area contributed by atoms with E-state index in [1.165, 1.54) is 0 Å². The lowest BCUT2D eigenvalue weighted by Gasteiger charge is -2.21. The lowest BCUT2D eigenvalue weighted by atomic mass is 10.1. The van der Waals surface area contributed by atoms with Crippen LogP contribution in [-0.4, -0.2) is 58.5 Å². The van der Waals surface area contributed by atoms with Gasteiger partial charge in [-0.05, 0) is 18.6 Å². The number of nitrogens with one attached hydrogen (secondary N) is 2.